The molecule has 3 aromatic rings. The molecule has 2 aromatic heterocycles. The highest BCUT2D eigenvalue weighted by Gasteiger charge is 2.56. The molecule has 5 rings (SSSR count). The van der Waals surface area contributed by atoms with E-state index in [9.17, 15) is 4.79 Å². The molecular formula is C24H31N7O5. The van der Waals surface area contributed by atoms with Gasteiger partial charge < -0.3 is 34.9 Å². The fourth-order valence-electron chi connectivity index (χ4n) is 4.61. The first kappa shape index (κ1) is 24.4. The zero-order valence-corrected chi connectivity index (χ0v) is 20.5. The Kier molecular flexibility index (Phi) is 6.75. The summed E-state index contributed by atoms with van der Waals surface area (Å²) >= 11 is 0. The van der Waals surface area contributed by atoms with E-state index in [0.717, 1.165) is 5.56 Å². The highest BCUT2D eigenvalue weighted by Crippen LogP contribution is 2.43. The van der Waals surface area contributed by atoms with Crippen LogP contribution < -0.4 is 11.1 Å². The summed E-state index contributed by atoms with van der Waals surface area (Å²) in [6, 6.07) is 9.56. The number of aromatic nitrogens is 4. The second kappa shape index (κ2) is 9.97. The van der Waals surface area contributed by atoms with E-state index in [1.807, 2.05) is 55.8 Å². The van der Waals surface area contributed by atoms with E-state index >= 15 is 0 Å². The lowest BCUT2D eigenvalue weighted by atomic mass is 10.1. The predicted octanol–water partition coefficient (Wildman–Crippen LogP) is 1.68. The van der Waals surface area contributed by atoms with Crippen LogP contribution in [-0.2, 0) is 25.6 Å². The molecule has 2 fully saturated rings. The molecule has 3 N–H and O–H groups in total. The number of fused-ring (bicyclic) bond motifs is 2. The number of nitrogens with zero attached hydrogens (tertiary/aromatic N) is 5. The molecule has 1 aromatic carbocycles. The number of rotatable bonds is 8. The summed E-state index contributed by atoms with van der Waals surface area (Å²) < 4.78 is 25.9. The molecule has 0 radical (unpaired) electrons. The molecule has 4 atom stereocenters. The molecule has 1 amide bonds. The number of carbonyl (C=O) groups excluding carboxylic acids is 1. The zero-order chi connectivity index (χ0) is 25.3. The van der Waals surface area contributed by atoms with Crippen molar-refractivity contribution in [2.45, 2.75) is 50.8 Å². The van der Waals surface area contributed by atoms with Crippen LogP contribution in [0.3, 0.4) is 0 Å². The molecule has 0 spiro atoms. The monoisotopic (exact) mass is 497 g/mol. The summed E-state index contributed by atoms with van der Waals surface area (Å²) in [4.78, 5) is 26.8. The summed E-state index contributed by atoms with van der Waals surface area (Å²) in [7, 11) is 1.96. The smallest absolute Gasteiger partial charge is 0.407 e. The largest absolute Gasteiger partial charge is 0.445 e. The molecular weight excluding hydrogens is 466 g/mol. The Balaban J connectivity index is 1.18. The van der Waals surface area contributed by atoms with Crippen LogP contribution in [0.5, 0.6) is 0 Å². The van der Waals surface area contributed by atoms with E-state index in [4.69, 9.17) is 24.7 Å². The fourth-order valence-corrected chi connectivity index (χ4v) is 4.61. The number of benzene rings is 1. The third kappa shape index (κ3) is 5.12. The van der Waals surface area contributed by atoms with Crippen molar-refractivity contribution >= 4 is 23.1 Å². The third-order valence-corrected chi connectivity index (χ3v) is 6.25. The third-order valence-electron chi connectivity index (χ3n) is 6.25. The molecule has 4 heterocycles. The minimum absolute atomic E-state index is 0.232. The van der Waals surface area contributed by atoms with Crippen molar-refractivity contribution in [3.8, 4) is 0 Å². The zero-order valence-electron chi connectivity index (χ0n) is 20.5. The van der Waals surface area contributed by atoms with Crippen molar-refractivity contribution in [3.63, 3.8) is 0 Å². The quantitative estimate of drug-likeness (QED) is 0.472. The first-order chi connectivity index (χ1) is 17.3. The van der Waals surface area contributed by atoms with Gasteiger partial charge in [-0.25, -0.2) is 19.7 Å². The number of hydrogen-bond donors (Lipinski definition) is 2. The van der Waals surface area contributed by atoms with Crippen molar-refractivity contribution < 1.29 is 23.7 Å². The van der Waals surface area contributed by atoms with Crippen LogP contribution in [0.2, 0.25) is 0 Å². The summed E-state index contributed by atoms with van der Waals surface area (Å²) in [6.07, 6.45) is 1.21. The Morgan fingerprint density at radius 3 is 2.78 bits per heavy atom. The highest BCUT2D eigenvalue weighted by molar-refractivity contribution is 5.81. The van der Waals surface area contributed by atoms with Crippen molar-refractivity contribution in [2.75, 3.05) is 32.4 Å². The molecule has 2 saturated heterocycles. The number of anilines is 1. The molecule has 0 unspecified atom stereocenters. The van der Waals surface area contributed by atoms with Crippen LogP contribution in [-0.4, -0.2) is 81.3 Å². The summed E-state index contributed by atoms with van der Waals surface area (Å²) in [6.45, 7) is 5.61. The summed E-state index contributed by atoms with van der Waals surface area (Å²) in [5, 5.41) is 2.79. The average molecular weight is 498 g/mol. The first-order valence-corrected chi connectivity index (χ1v) is 11.9. The number of alkyl carbamates (subject to hydrolysis) is 1. The van der Waals surface area contributed by atoms with Crippen molar-refractivity contribution in [2.24, 2.45) is 0 Å². The molecule has 0 bridgehead atoms. The minimum atomic E-state index is -0.747. The maximum absolute atomic E-state index is 12.0. The Morgan fingerprint density at radius 2 is 1.97 bits per heavy atom. The summed E-state index contributed by atoms with van der Waals surface area (Å²) in [5.74, 6) is -0.439. The van der Waals surface area contributed by atoms with Gasteiger partial charge in [0.25, 0.3) is 0 Å². The van der Waals surface area contributed by atoms with Gasteiger partial charge in [-0.1, -0.05) is 30.3 Å². The number of imidazole rings is 1. The molecule has 0 aliphatic carbocycles. The average Bonchev–Trinajstić information content (AvgIpc) is 3.50. The first-order valence-electron chi connectivity index (χ1n) is 11.9. The van der Waals surface area contributed by atoms with Crippen LogP contribution in [0.4, 0.5) is 10.6 Å². The summed E-state index contributed by atoms with van der Waals surface area (Å²) in [5.41, 5.74) is 7.99. The van der Waals surface area contributed by atoms with Gasteiger partial charge in [0.2, 0.25) is 0 Å². The maximum atomic E-state index is 12.0. The molecule has 12 nitrogen and oxygen atoms in total. The molecule has 2 aliphatic rings. The predicted molar refractivity (Wildman–Crippen MR) is 130 cm³/mol. The van der Waals surface area contributed by atoms with Gasteiger partial charge in [-0.3, -0.25) is 4.57 Å². The van der Waals surface area contributed by atoms with Crippen LogP contribution >= 0.6 is 0 Å². The number of ether oxygens (including phenoxy) is 4. The SMILES string of the molecule is CN(CCNC(=O)OCc1ccccc1)C[C@H]1O[C@@H](n2cnc3c(N)ncnc32)[C@@H]2OC(C)(C)O[C@@H]21. The Hall–Kier alpha value is -3.32. The van der Waals surface area contributed by atoms with Gasteiger partial charge in [0.1, 0.15) is 36.8 Å². The molecule has 36 heavy (non-hydrogen) atoms. The molecule has 192 valence electrons. The molecule has 12 heteroatoms. The number of likely N-dealkylation sites (N-methyl/N-ethyl adjacent to an activating group) is 1. The van der Waals surface area contributed by atoms with E-state index in [1.54, 1.807) is 6.33 Å². The van der Waals surface area contributed by atoms with E-state index in [1.165, 1.54) is 6.33 Å². The Bertz CT molecular complexity index is 1200. The van der Waals surface area contributed by atoms with Crippen molar-refractivity contribution in [1.82, 2.24) is 29.7 Å². The van der Waals surface area contributed by atoms with Gasteiger partial charge in [0, 0.05) is 19.6 Å². The lowest BCUT2D eigenvalue weighted by Crippen LogP contribution is -2.41. The van der Waals surface area contributed by atoms with Gasteiger partial charge >= 0.3 is 6.09 Å². The number of carbonyl (C=O) groups is 1. The fraction of sp³-hybridized carbons (Fsp3) is 0.500. The lowest BCUT2D eigenvalue weighted by molar-refractivity contribution is -0.197. The number of amides is 1. The number of nitrogens with two attached hydrogens (primary N) is 1. The number of hydrogen-bond acceptors (Lipinski definition) is 10. The number of nitrogen functional groups attached to an aromatic ring is 1. The normalized spacial score (nSPS) is 24.8. The Morgan fingerprint density at radius 1 is 1.19 bits per heavy atom. The van der Waals surface area contributed by atoms with E-state index in [-0.39, 0.29) is 24.9 Å². The van der Waals surface area contributed by atoms with E-state index < -0.39 is 18.1 Å². The van der Waals surface area contributed by atoms with E-state index in [0.29, 0.717) is 36.6 Å². The van der Waals surface area contributed by atoms with Crippen LogP contribution in [0, 0.1) is 0 Å². The maximum Gasteiger partial charge on any atom is 0.407 e. The van der Waals surface area contributed by atoms with E-state index in [2.05, 4.69) is 25.2 Å². The van der Waals surface area contributed by atoms with Gasteiger partial charge in [-0.15, -0.1) is 0 Å². The molecule has 0 saturated carbocycles. The standard InChI is InChI=1S/C24H31N7O5/c1-24(2)35-18-16(11-30(3)10-9-26-23(32)33-12-15-7-5-4-6-8-15)34-22(19(18)36-24)31-14-29-17-20(25)27-13-28-21(17)31/h4-8,13-14,16,18-19,22H,9-12H2,1-3H3,(H,26,32)(H2,25,27,28)/t16-,18-,19-,22-/m1/s1. The van der Waals surface area contributed by atoms with Gasteiger partial charge in [0.15, 0.2) is 23.5 Å². The van der Waals surface area contributed by atoms with Gasteiger partial charge in [-0.05, 0) is 26.5 Å². The van der Waals surface area contributed by atoms with Crippen molar-refractivity contribution in [1.29, 1.82) is 0 Å². The molecule has 2 aliphatic heterocycles. The Labute approximate surface area is 208 Å². The van der Waals surface area contributed by atoms with Crippen molar-refractivity contribution in [3.05, 3.63) is 48.5 Å². The lowest BCUT2D eigenvalue weighted by Gasteiger charge is -2.27. The van der Waals surface area contributed by atoms with Crippen LogP contribution in [0.1, 0.15) is 25.6 Å². The second-order valence-corrected chi connectivity index (χ2v) is 9.46. The second-order valence-electron chi connectivity index (χ2n) is 9.46. The highest BCUT2D eigenvalue weighted by atomic mass is 16.8. The minimum Gasteiger partial charge on any atom is -0.445 e. The van der Waals surface area contributed by atoms with Crippen LogP contribution in [0.15, 0.2) is 43.0 Å². The van der Waals surface area contributed by atoms with Gasteiger partial charge in [0.05, 0.1) is 6.33 Å². The topological polar surface area (TPSA) is 139 Å². The van der Waals surface area contributed by atoms with Crippen LogP contribution in [0.25, 0.3) is 11.2 Å². The van der Waals surface area contributed by atoms with Gasteiger partial charge in [-0.2, -0.15) is 0 Å². The number of nitrogens with one attached hydrogen (secondary N) is 1.